The van der Waals surface area contributed by atoms with Gasteiger partial charge in [-0.25, -0.2) is 0 Å². The van der Waals surface area contributed by atoms with Crippen molar-refractivity contribution in [2.45, 2.75) is 19.8 Å². The van der Waals surface area contributed by atoms with Crippen LogP contribution in [0.3, 0.4) is 0 Å². The van der Waals surface area contributed by atoms with Crippen LogP contribution in [0.15, 0.2) is 164 Å². The van der Waals surface area contributed by atoms with E-state index in [2.05, 4.69) is 178 Å². The summed E-state index contributed by atoms with van der Waals surface area (Å²) in [7, 11) is 0. The molecule has 0 heterocycles. The standard InChI is InChI=1S/C51H34/c1-30(2)33-23-24-36-42-27-25-34(37-19-11-21-41(48(37)42)45(36)29-33)35-26-28-44-49-38(35)20-12-22-43(49)50-46(31-13-5-3-6-14-31)39-17-9-10-18-40(39)47(51(44)50)32-15-7-4-8-16-32/h3-30H,1-2H3. The van der Waals surface area contributed by atoms with Crippen molar-refractivity contribution in [1.29, 1.82) is 0 Å². The van der Waals surface area contributed by atoms with Gasteiger partial charge < -0.3 is 0 Å². The maximum Gasteiger partial charge on any atom is -0.000741 e. The van der Waals surface area contributed by atoms with Crippen LogP contribution >= 0.6 is 0 Å². The molecule has 0 saturated carbocycles. The minimum Gasteiger partial charge on any atom is -0.0622 e. The van der Waals surface area contributed by atoms with Gasteiger partial charge >= 0.3 is 0 Å². The quantitative estimate of drug-likeness (QED) is 0.178. The molecule has 0 nitrogen and oxygen atoms in total. The Labute approximate surface area is 298 Å². The van der Waals surface area contributed by atoms with E-state index >= 15 is 0 Å². The van der Waals surface area contributed by atoms with Crippen LogP contribution in [-0.4, -0.2) is 0 Å². The van der Waals surface area contributed by atoms with Gasteiger partial charge in [0, 0.05) is 0 Å². The molecule has 0 saturated heterocycles. The summed E-state index contributed by atoms with van der Waals surface area (Å²) in [5.41, 5.74) is 19.8. The van der Waals surface area contributed by atoms with Gasteiger partial charge in [-0.3, -0.25) is 0 Å². The number of fused-ring (bicyclic) bond motifs is 7. The summed E-state index contributed by atoms with van der Waals surface area (Å²) in [5.74, 6) is 0.494. The molecule has 0 bridgehead atoms. The summed E-state index contributed by atoms with van der Waals surface area (Å²) in [4.78, 5) is 0. The highest BCUT2D eigenvalue weighted by molar-refractivity contribution is 6.29. The Kier molecular flexibility index (Phi) is 5.96. The van der Waals surface area contributed by atoms with Crippen molar-refractivity contribution in [3.8, 4) is 77.9 Å². The van der Waals surface area contributed by atoms with Gasteiger partial charge in [-0.05, 0) is 122 Å². The van der Waals surface area contributed by atoms with Gasteiger partial charge in [0.25, 0.3) is 0 Å². The first-order valence-electron chi connectivity index (χ1n) is 18.1. The van der Waals surface area contributed by atoms with Gasteiger partial charge in [0.2, 0.25) is 0 Å². The van der Waals surface area contributed by atoms with Crippen molar-refractivity contribution in [1.82, 2.24) is 0 Å². The molecule has 0 N–H and O–H groups in total. The third kappa shape index (κ3) is 3.91. The van der Waals surface area contributed by atoms with Gasteiger partial charge in [0.1, 0.15) is 0 Å². The average molecular weight is 647 g/mol. The van der Waals surface area contributed by atoms with Crippen molar-refractivity contribution in [2.24, 2.45) is 0 Å². The zero-order valence-electron chi connectivity index (χ0n) is 28.7. The second-order valence-electron chi connectivity index (χ2n) is 14.5. The molecule has 0 radical (unpaired) electrons. The van der Waals surface area contributed by atoms with Gasteiger partial charge in [-0.2, -0.15) is 0 Å². The molecule has 2 aliphatic carbocycles. The van der Waals surface area contributed by atoms with E-state index in [9.17, 15) is 0 Å². The molecule has 0 heteroatoms. The number of rotatable bonds is 4. The number of benzene rings is 9. The topological polar surface area (TPSA) is 0 Å². The molecule has 0 aliphatic heterocycles. The van der Waals surface area contributed by atoms with Crippen molar-refractivity contribution < 1.29 is 0 Å². The molecule has 238 valence electrons. The fourth-order valence-corrected chi connectivity index (χ4v) is 9.31. The zero-order chi connectivity index (χ0) is 33.8. The lowest BCUT2D eigenvalue weighted by atomic mass is 9.82. The predicted octanol–water partition coefficient (Wildman–Crippen LogP) is 14.6. The van der Waals surface area contributed by atoms with Crippen LogP contribution in [0.5, 0.6) is 0 Å². The number of hydrogen-bond donors (Lipinski definition) is 0. The Bertz CT molecular complexity index is 2820. The fraction of sp³-hybridized carbons (Fsp3) is 0.0588. The molecule has 0 fully saturated rings. The smallest absolute Gasteiger partial charge is 0.000741 e. The van der Waals surface area contributed by atoms with E-state index < -0.39 is 0 Å². The molecular formula is C51H34. The third-order valence-corrected chi connectivity index (χ3v) is 11.5. The second kappa shape index (κ2) is 10.6. The molecule has 0 unspecified atom stereocenters. The van der Waals surface area contributed by atoms with Crippen LogP contribution in [0.4, 0.5) is 0 Å². The van der Waals surface area contributed by atoms with Gasteiger partial charge in [0.05, 0.1) is 0 Å². The van der Waals surface area contributed by atoms with E-state index in [1.165, 1.54) is 116 Å². The minimum absolute atomic E-state index is 0.494. The highest BCUT2D eigenvalue weighted by Crippen LogP contribution is 2.59. The number of hydrogen-bond acceptors (Lipinski definition) is 0. The molecule has 9 aromatic carbocycles. The Hall–Kier alpha value is -6.24. The highest BCUT2D eigenvalue weighted by atomic mass is 14.3. The highest BCUT2D eigenvalue weighted by Gasteiger charge is 2.32. The average Bonchev–Trinajstić information content (AvgIpc) is 3.69. The van der Waals surface area contributed by atoms with Crippen LogP contribution in [0.2, 0.25) is 0 Å². The third-order valence-electron chi connectivity index (χ3n) is 11.5. The Balaban J connectivity index is 1.22. The lowest BCUT2D eigenvalue weighted by Gasteiger charge is -2.20. The summed E-state index contributed by atoms with van der Waals surface area (Å²) >= 11 is 0. The summed E-state index contributed by atoms with van der Waals surface area (Å²) in [6.45, 7) is 4.56. The predicted molar refractivity (Wildman–Crippen MR) is 218 cm³/mol. The second-order valence-corrected chi connectivity index (χ2v) is 14.5. The normalized spacial score (nSPS) is 12.3. The van der Waals surface area contributed by atoms with Gasteiger partial charge in [-0.1, -0.05) is 178 Å². The van der Waals surface area contributed by atoms with Crippen LogP contribution in [0.1, 0.15) is 25.3 Å². The Morgan fingerprint density at radius 1 is 0.294 bits per heavy atom. The summed E-state index contributed by atoms with van der Waals surface area (Å²) in [6, 6.07) is 61.5. The first-order valence-corrected chi connectivity index (χ1v) is 18.1. The van der Waals surface area contributed by atoms with E-state index in [1.54, 1.807) is 0 Å². The van der Waals surface area contributed by atoms with Crippen molar-refractivity contribution in [3.05, 3.63) is 169 Å². The van der Waals surface area contributed by atoms with Crippen molar-refractivity contribution in [3.63, 3.8) is 0 Å². The molecule has 0 atom stereocenters. The molecule has 2 aliphatic rings. The first kappa shape index (κ1) is 28.6. The van der Waals surface area contributed by atoms with Crippen molar-refractivity contribution >= 4 is 32.3 Å². The molecule has 0 spiro atoms. The molecule has 0 aromatic heterocycles. The first-order chi connectivity index (χ1) is 25.2. The van der Waals surface area contributed by atoms with Crippen LogP contribution < -0.4 is 0 Å². The van der Waals surface area contributed by atoms with E-state index in [0.717, 1.165) is 0 Å². The van der Waals surface area contributed by atoms with Gasteiger partial charge in [0.15, 0.2) is 0 Å². The van der Waals surface area contributed by atoms with Crippen LogP contribution in [-0.2, 0) is 0 Å². The van der Waals surface area contributed by atoms with E-state index in [4.69, 9.17) is 0 Å². The summed E-state index contributed by atoms with van der Waals surface area (Å²) in [6.07, 6.45) is 0. The Morgan fingerprint density at radius 3 is 1.31 bits per heavy atom. The minimum atomic E-state index is 0.494. The lowest BCUT2D eigenvalue weighted by Crippen LogP contribution is -1.93. The van der Waals surface area contributed by atoms with Crippen LogP contribution in [0, 0.1) is 0 Å². The lowest BCUT2D eigenvalue weighted by molar-refractivity contribution is 0.867. The Morgan fingerprint density at radius 2 is 0.725 bits per heavy atom. The van der Waals surface area contributed by atoms with Gasteiger partial charge in [-0.15, -0.1) is 0 Å². The SMILES string of the molecule is CC(C)c1ccc2c(c1)-c1cccc3c(-c4ccc5c6c(cccc46)-c4c-5c(-c5ccccc5)c5ccccc5c4-c4ccccc4)ccc-2c13. The van der Waals surface area contributed by atoms with E-state index in [-0.39, 0.29) is 0 Å². The molecule has 9 aromatic rings. The van der Waals surface area contributed by atoms with Crippen LogP contribution in [0.25, 0.3) is 110 Å². The largest absolute Gasteiger partial charge is 0.0622 e. The maximum atomic E-state index is 2.42. The fourth-order valence-electron chi connectivity index (χ4n) is 9.31. The zero-order valence-corrected chi connectivity index (χ0v) is 28.7. The monoisotopic (exact) mass is 646 g/mol. The summed E-state index contributed by atoms with van der Waals surface area (Å²) < 4.78 is 0. The molecule has 51 heavy (non-hydrogen) atoms. The molecule has 0 amide bonds. The molecular weight excluding hydrogens is 613 g/mol. The van der Waals surface area contributed by atoms with E-state index in [1.807, 2.05) is 0 Å². The van der Waals surface area contributed by atoms with E-state index in [0.29, 0.717) is 5.92 Å². The summed E-state index contributed by atoms with van der Waals surface area (Å²) in [5, 5.41) is 7.94. The van der Waals surface area contributed by atoms with Crippen molar-refractivity contribution in [2.75, 3.05) is 0 Å². The molecule has 11 rings (SSSR count). The maximum absolute atomic E-state index is 2.42.